The molecule has 0 amide bonds. The first-order valence-electron chi connectivity index (χ1n) is 11.2. The van der Waals surface area contributed by atoms with E-state index in [4.69, 9.17) is 9.97 Å². The number of hydrogen-bond donors (Lipinski definition) is 2. The third kappa shape index (κ3) is 3.62. The summed E-state index contributed by atoms with van der Waals surface area (Å²) in [5, 5.41) is 12.0. The molecule has 7 heteroatoms. The van der Waals surface area contributed by atoms with Crippen LogP contribution in [0.3, 0.4) is 0 Å². The average molecular weight is 431 g/mol. The molecule has 1 aromatic carbocycles. The zero-order valence-electron chi connectivity index (χ0n) is 17.5. The van der Waals surface area contributed by atoms with Gasteiger partial charge in [-0.3, -0.25) is 5.10 Å². The van der Waals surface area contributed by atoms with Crippen LogP contribution >= 0.6 is 11.3 Å². The molecule has 6 nitrogen and oxygen atoms in total. The number of H-pyrrole nitrogens is 1. The minimum atomic E-state index is 0.410. The van der Waals surface area contributed by atoms with Crippen LogP contribution in [0.1, 0.15) is 28.8 Å². The molecule has 0 bridgehead atoms. The molecule has 1 unspecified atom stereocenters. The van der Waals surface area contributed by atoms with Crippen molar-refractivity contribution in [1.29, 1.82) is 0 Å². The van der Waals surface area contributed by atoms with Crippen molar-refractivity contribution < 1.29 is 0 Å². The van der Waals surface area contributed by atoms with Gasteiger partial charge in [0.15, 0.2) is 5.82 Å². The van der Waals surface area contributed by atoms with Crippen molar-refractivity contribution in [3.8, 4) is 11.4 Å². The van der Waals surface area contributed by atoms with Crippen molar-refractivity contribution in [2.45, 2.75) is 38.1 Å². The third-order valence-corrected chi connectivity index (χ3v) is 7.62. The lowest BCUT2D eigenvalue weighted by atomic mass is 9.96. The maximum Gasteiger partial charge on any atom is 0.166 e. The first-order valence-corrected chi connectivity index (χ1v) is 12.0. The standard InChI is InChI=1S/C24H26N6S/c1-2-6-16(7-3-1)12-18-15-30(11-10-25-18)23-21-19-8-4-5-9-20(19)31-24(21)29-22(28-23)17-13-26-27-14-17/h1-3,6-7,13-14,18,25H,4-5,8-12,15H2,(H,26,27). The molecule has 0 saturated carbocycles. The van der Waals surface area contributed by atoms with Gasteiger partial charge in [-0.25, -0.2) is 9.97 Å². The van der Waals surface area contributed by atoms with Crippen LogP contribution in [0.2, 0.25) is 0 Å². The van der Waals surface area contributed by atoms with E-state index in [-0.39, 0.29) is 0 Å². The lowest BCUT2D eigenvalue weighted by Crippen LogP contribution is -2.52. The highest BCUT2D eigenvalue weighted by Gasteiger charge is 2.27. The summed E-state index contributed by atoms with van der Waals surface area (Å²) < 4.78 is 0. The molecule has 4 heterocycles. The van der Waals surface area contributed by atoms with E-state index in [0.29, 0.717) is 6.04 Å². The van der Waals surface area contributed by atoms with Crippen LogP contribution in [0.25, 0.3) is 21.6 Å². The van der Waals surface area contributed by atoms with Gasteiger partial charge in [-0.2, -0.15) is 5.10 Å². The molecular weight excluding hydrogens is 404 g/mol. The molecule has 0 radical (unpaired) electrons. The predicted octanol–water partition coefficient (Wildman–Crippen LogP) is 3.98. The van der Waals surface area contributed by atoms with Crippen molar-refractivity contribution in [1.82, 2.24) is 25.5 Å². The Morgan fingerprint density at radius 1 is 1.10 bits per heavy atom. The Balaban J connectivity index is 1.41. The Labute approximate surface area is 185 Å². The largest absolute Gasteiger partial charge is 0.353 e. The van der Waals surface area contributed by atoms with E-state index in [1.54, 1.807) is 0 Å². The van der Waals surface area contributed by atoms with Crippen molar-refractivity contribution in [2.75, 3.05) is 24.5 Å². The van der Waals surface area contributed by atoms with Gasteiger partial charge in [-0.05, 0) is 43.2 Å². The summed E-state index contributed by atoms with van der Waals surface area (Å²) in [6.45, 7) is 2.89. The lowest BCUT2D eigenvalue weighted by Gasteiger charge is -2.35. The molecule has 2 aliphatic rings. The van der Waals surface area contributed by atoms with E-state index >= 15 is 0 Å². The van der Waals surface area contributed by atoms with Crippen LogP contribution in [-0.2, 0) is 19.3 Å². The number of piperazine rings is 1. The van der Waals surface area contributed by atoms with Gasteiger partial charge in [0.05, 0.1) is 17.1 Å². The Morgan fingerprint density at radius 3 is 2.87 bits per heavy atom. The number of aromatic nitrogens is 4. The van der Waals surface area contributed by atoms with Crippen LogP contribution in [-0.4, -0.2) is 45.8 Å². The second kappa shape index (κ2) is 8.05. The summed E-state index contributed by atoms with van der Waals surface area (Å²) in [6.07, 6.45) is 9.60. The van der Waals surface area contributed by atoms with Gasteiger partial charge < -0.3 is 10.2 Å². The molecular formula is C24H26N6S. The smallest absolute Gasteiger partial charge is 0.166 e. The highest BCUT2D eigenvalue weighted by molar-refractivity contribution is 7.19. The molecule has 1 fully saturated rings. The van der Waals surface area contributed by atoms with Gasteiger partial charge in [0.25, 0.3) is 0 Å². The number of anilines is 1. The summed E-state index contributed by atoms with van der Waals surface area (Å²) in [5.74, 6) is 1.88. The first-order chi connectivity index (χ1) is 15.3. The zero-order chi connectivity index (χ0) is 20.6. The van der Waals surface area contributed by atoms with E-state index in [0.717, 1.165) is 54.5 Å². The fourth-order valence-corrected chi connectivity index (χ4v) is 6.18. The topological polar surface area (TPSA) is 69.7 Å². The molecule has 2 N–H and O–H groups in total. The van der Waals surface area contributed by atoms with Gasteiger partial charge in [0, 0.05) is 36.8 Å². The van der Waals surface area contributed by atoms with E-state index < -0.39 is 0 Å². The van der Waals surface area contributed by atoms with Crippen LogP contribution in [0, 0.1) is 0 Å². The fourth-order valence-electron chi connectivity index (χ4n) is 4.92. The van der Waals surface area contributed by atoms with Gasteiger partial charge in [0.2, 0.25) is 0 Å². The highest BCUT2D eigenvalue weighted by Crippen LogP contribution is 2.41. The van der Waals surface area contributed by atoms with E-state index in [1.807, 2.05) is 23.7 Å². The number of nitrogens with zero attached hydrogens (tertiary/aromatic N) is 4. The molecule has 158 valence electrons. The minimum absolute atomic E-state index is 0.410. The van der Waals surface area contributed by atoms with Crippen molar-refractivity contribution in [2.24, 2.45) is 0 Å². The SMILES string of the molecule is c1ccc(CC2CN(c3nc(-c4cn[nH]c4)nc4sc5c(c34)CCCC5)CCN2)cc1. The Morgan fingerprint density at radius 2 is 2.00 bits per heavy atom. The number of thiophene rings is 1. The number of aryl methyl sites for hydroxylation is 2. The Kier molecular flexibility index (Phi) is 4.92. The maximum absolute atomic E-state index is 5.12. The van der Waals surface area contributed by atoms with Crippen molar-refractivity contribution >= 4 is 27.4 Å². The normalized spacial score (nSPS) is 19.0. The molecule has 6 rings (SSSR count). The monoisotopic (exact) mass is 430 g/mol. The van der Waals surface area contributed by atoms with Gasteiger partial charge >= 0.3 is 0 Å². The Hall–Kier alpha value is -2.77. The van der Waals surface area contributed by atoms with Crippen LogP contribution < -0.4 is 10.2 Å². The summed E-state index contributed by atoms with van der Waals surface area (Å²) in [6, 6.07) is 11.2. The third-order valence-electron chi connectivity index (χ3n) is 6.43. The zero-order valence-corrected chi connectivity index (χ0v) is 18.3. The summed E-state index contributed by atoms with van der Waals surface area (Å²) in [4.78, 5) is 15.2. The quantitative estimate of drug-likeness (QED) is 0.513. The Bertz CT molecular complexity index is 1180. The second-order valence-corrected chi connectivity index (χ2v) is 9.62. The van der Waals surface area contributed by atoms with Crippen LogP contribution in [0.5, 0.6) is 0 Å². The molecule has 1 atom stereocenters. The van der Waals surface area contributed by atoms with Crippen LogP contribution in [0.15, 0.2) is 42.7 Å². The number of nitrogens with one attached hydrogen (secondary N) is 2. The first kappa shape index (κ1) is 19.0. The van der Waals surface area contributed by atoms with E-state index in [9.17, 15) is 0 Å². The molecule has 1 saturated heterocycles. The average Bonchev–Trinajstić information content (AvgIpc) is 3.47. The maximum atomic E-state index is 5.12. The highest BCUT2D eigenvalue weighted by atomic mass is 32.1. The molecule has 0 spiro atoms. The molecule has 1 aliphatic carbocycles. The molecule has 31 heavy (non-hydrogen) atoms. The molecule has 1 aliphatic heterocycles. The summed E-state index contributed by atoms with van der Waals surface area (Å²) >= 11 is 1.87. The van der Waals surface area contributed by atoms with Crippen molar-refractivity contribution in [3.63, 3.8) is 0 Å². The minimum Gasteiger partial charge on any atom is -0.353 e. The number of fused-ring (bicyclic) bond motifs is 3. The van der Waals surface area contributed by atoms with Gasteiger partial charge in [-0.15, -0.1) is 11.3 Å². The number of aromatic amines is 1. The van der Waals surface area contributed by atoms with E-state index in [2.05, 4.69) is 50.7 Å². The number of benzene rings is 1. The number of rotatable bonds is 4. The molecule has 3 aromatic heterocycles. The fraction of sp³-hybridized carbons (Fsp3) is 0.375. The summed E-state index contributed by atoms with van der Waals surface area (Å²) in [5.41, 5.74) is 3.82. The van der Waals surface area contributed by atoms with Crippen LogP contribution in [0.4, 0.5) is 5.82 Å². The van der Waals surface area contributed by atoms with Gasteiger partial charge in [-0.1, -0.05) is 30.3 Å². The van der Waals surface area contributed by atoms with Crippen molar-refractivity contribution in [3.05, 3.63) is 58.7 Å². The van der Waals surface area contributed by atoms with Gasteiger partial charge in [0.1, 0.15) is 10.6 Å². The number of hydrogen-bond acceptors (Lipinski definition) is 6. The predicted molar refractivity (Wildman–Crippen MR) is 126 cm³/mol. The lowest BCUT2D eigenvalue weighted by molar-refractivity contribution is 0.453. The van der Waals surface area contributed by atoms with E-state index in [1.165, 1.54) is 40.7 Å². The molecule has 4 aromatic rings. The summed E-state index contributed by atoms with van der Waals surface area (Å²) in [7, 11) is 0. The second-order valence-electron chi connectivity index (χ2n) is 8.54.